The van der Waals surface area contributed by atoms with E-state index in [0.717, 1.165) is 24.1 Å². The quantitative estimate of drug-likeness (QED) is 0.760. The van der Waals surface area contributed by atoms with Crippen LogP contribution in [0.15, 0.2) is 18.3 Å². The third kappa shape index (κ3) is 4.10. The molecule has 1 aliphatic rings. The number of nitrogens with zero attached hydrogens (tertiary/aromatic N) is 3. The Hall–Kier alpha value is -2.15. The van der Waals surface area contributed by atoms with Crippen molar-refractivity contribution in [2.24, 2.45) is 5.41 Å². The highest BCUT2D eigenvalue weighted by molar-refractivity contribution is 5.79. The second-order valence-corrected chi connectivity index (χ2v) is 8.47. The number of nitriles is 1. The van der Waals surface area contributed by atoms with Gasteiger partial charge in [0.2, 0.25) is 0 Å². The van der Waals surface area contributed by atoms with Crippen molar-refractivity contribution >= 4 is 11.3 Å². The summed E-state index contributed by atoms with van der Waals surface area (Å²) in [5.74, 6) is 0.903. The first kappa shape index (κ1) is 17.7. The average Bonchev–Trinajstić information content (AvgIpc) is 2.81. The van der Waals surface area contributed by atoms with Crippen molar-refractivity contribution in [2.45, 2.75) is 71.6 Å². The molecule has 132 valence electrons. The van der Waals surface area contributed by atoms with Crippen LogP contribution >= 0.6 is 0 Å². The Kier molecular flexibility index (Phi) is 4.94. The fourth-order valence-electron chi connectivity index (χ4n) is 3.64. The summed E-state index contributed by atoms with van der Waals surface area (Å²) in [6, 6.07) is 5.98. The molecule has 3 rings (SSSR count). The van der Waals surface area contributed by atoms with Crippen LogP contribution < -0.4 is 0 Å². The lowest BCUT2D eigenvalue weighted by Gasteiger charge is -2.26. The van der Waals surface area contributed by atoms with Crippen LogP contribution in [0.25, 0.3) is 5.52 Å². The molecule has 0 atom stereocenters. The average molecular weight is 337 g/mol. The van der Waals surface area contributed by atoms with Crippen LogP contribution in [0.5, 0.6) is 0 Å². The molecule has 2 aromatic rings. The van der Waals surface area contributed by atoms with Crippen molar-refractivity contribution < 1.29 is 4.79 Å². The summed E-state index contributed by atoms with van der Waals surface area (Å²) in [4.78, 5) is 12.1. The summed E-state index contributed by atoms with van der Waals surface area (Å²) in [5, 5.41) is 13.9. The predicted molar refractivity (Wildman–Crippen MR) is 98.5 cm³/mol. The van der Waals surface area contributed by atoms with Gasteiger partial charge in [0.05, 0.1) is 22.8 Å². The zero-order chi connectivity index (χ0) is 18.0. The van der Waals surface area contributed by atoms with Crippen LogP contribution in [-0.4, -0.2) is 15.4 Å². The number of hydrogen-bond acceptors (Lipinski definition) is 3. The van der Waals surface area contributed by atoms with E-state index in [1.807, 2.05) is 16.8 Å². The summed E-state index contributed by atoms with van der Waals surface area (Å²) in [6.45, 7) is 6.32. The van der Waals surface area contributed by atoms with Gasteiger partial charge in [-0.05, 0) is 49.1 Å². The number of rotatable bonds is 6. The molecule has 25 heavy (non-hydrogen) atoms. The molecule has 0 unspecified atom stereocenters. The highest BCUT2D eigenvalue weighted by Crippen LogP contribution is 2.40. The maximum atomic E-state index is 12.1. The van der Waals surface area contributed by atoms with Crippen molar-refractivity contribution in [1.82, 2.24) is 9.61 Å². The zero-order valence-corrected chi connectivity index (χ0v) is 15.5. The molecule has 0 spiro atoms. The van der Waals surface area contributed by atoms with Gasteiger partial charge in [-0.15, -0.1) is 0 Å². The van der Waals surface area contributed by atoms with Gasteiger partial charge in [-0.1, -0.05) is 27.2 Å². The third-order valence-electron chi connectivity index (χ3n) is 4.99. The highest BCUT2D eigenvalue weighted by Gasteiger charge is 2.27. The van der Waals surface area contributed by atoms with Crippen LogP contribution in [0.4, 0.5) is 0 Å². The van der Waals surface area contributed by atoms with E-state index < -0.39 is 0 Å². The van der Waals surface area contributed by atoms with Gasteiger partial charge in [0.25, 0.3) is 0 Å². The number of aryl methyl sites for hydroxylation is 1. The molecule has 4 heteroatoms. The van der Waals surface area contributed by atoms with Crippen molar-refractivity contribution in [1.29, 1.82) is 5.26 Å². The summed E-state index contributed by atoms with van der Waals surface area (Å²) in [6.07, 6.45) is 8.50. The molecule has 0 radical (unpaired) electrons. The van der Waals surface area contributed by atoms with E-state index >= 15 is 0 Å². The Morgan fingerprint density at radius 1 is 1.40 bits per heavy atom. The number of hydrogen-bond donors (Lipinski definition) is 0. The Bertz CT molecular complexity index is 816. The molecule has 0 amide bonds. The SMILES string of the molecule is CC(C)(C)CC(=O)CCCc1nn2ccc(C#N)cc2c1C1CCC1. The van der Waals surface area contributed by atoms with Crippen LogP contribution in [0, 0.1) is 16.7 Å². The molecular weight excluding hydrogens is 310 g/mol. The maximum absolute atomic E-state index is 12.1. The number of fused-ring (bicyclic) bond motifs is 1. The van der Waals surface area contributed by atoms with E-state index in [-0.39, 0.29) is 5.41 Å². The lowest BCUT2D eigenvalue weighted by Crippen LogP contribution is -2.13. The normalized spacial score (nSPS) is 15.1. The minimum absolute atomic E-state index is 0.0605. The molecule has 0 N–H and O–H groups in total. The van der Waals surface area contributed by atoms with Gasteiger partial charge < -0.3 is 0 Å². The van der Waals surface area contributed by atoms with Gasteiger partial charge >= 0.3 is 0 Å². The molecule has 2 aromatic heterocycles. The van der Waals surface area contributed by atoms with Crippen LogP contribution in [0.2, 0.25) is 0 Å². The van der Waals surface area contributed by atoms with E-state index in [1.165, 1.54) is 24.8 Å². The molecule has 1 saturated carbocycles. The van der Waals surface area contributed by atoms with Crippen LogP contribution in [-0.2, 0) is 11.2 Å². The van der Waals surface area contributed by atoms with E-state index in [0.29, 0.717) is 30.1 Å². The molecular formula is C21H27N3O. The standard InChI is InChI=1S/C21H27N3O/c1-21(2,3)13-17(25)8-5-9-18-20(16-6-4-7-16)19-12-15(14-22)10-11-24(19)23-18/h10-12,16H,4-9,13H2,1-3H3. The first-order chi connectivity index (χ1) is 11.9. The molecule has 1 aliphatic carbocycles. The van der Waals surface area contributed by atoms with Crippen molar-refractivity contribution in [3.8, 4) is 6.07 Å². The third-order valence-corrected chi connectivity index (χ3v) is 4.99. The lowest BCUT2D eigenvalue weighted by atomic mass is 9.78. The molecule has 0 bridgehead atoms. The fourth-order valence-corrected chi connectivity index (χ4v) is 3.64. The Labute approximate surface area is 149 Å². The summed E-state index contributed by atoms with van der Waals surface area (Å²) in [5.41, 5.74) is 4.24. The molecule has 0 aromatic carbocycles. The fraction of sp³-hybridized carbons (Fsp3) is 0.571. The minimum Gasteiger partial charge on any atom is -0.300 e. The zero-order valence-electron chi connectivity index (χ0n) is 15.5. The number of pyridine rings is 1. The van der Waals surface area contributed by atoms with Gasteiger partial charge in [0.15, 0.2) is 0 Å². The van der Waals surface area contributed by atoms with Gasteiger partial charge in [-0.25, -0.2) is 4.52 Å². The maximum Gasteiger partial charge on any atom is 0.133 e. The molecule has 0 saturated heterocycles. The summed E-state index contributed by atoms with van der Waals surface area (Å²) in [7, 11) is 0. The second-order valence-electron chi connectivity index (χ2n) is 8.47. The van der Waals surface area contributed by atoms with E-state index in [9.17, 15) is 10.1 Å². The highest BCUT2D eigenvalue weighted by atomic mass is 16.1. The monoisotopic (exact) mass is 337 g/mol. The van der Waals surface area contributed by atoms with Gasteiger partial charge in [-0.2, -0.15) is 10.4 Å². The van der Waals surface area contributed by atoms with E-state index in [4.69, 9.17) is 5.10 Å². The number of carbonyl (C=O) groups excluding carboxylic acids is 1. The molecule has 0 aliphatic heterocycles. The van der Waals surface area contributed by atoms with Gasteiger partial charge in [0.1, 0.15) is 5.78 Å². The number of Topliss-reactive ketones (excluding diaryl/α,β-unsaturated/α-hetero) is 1. The largest absolute Gasteiger partial charge is 0.300 e. The molecule has 1 fully saturated rings. The smallest absolute Gasteiger partial charge is 0.133 e. The first-order valence-electron chi connectivity index (χ1n) is 9.30. The van der Waals surface area contributed by atoms with Crippen LogP contribution in [0.3, 0.4) is 0 Å². The first-order valence-corrected chi connectivity index (χ1v) is 9.30. The predicted octanol–water partition coefficient (Wildman–Crippen LogP) is 4.80. The number of aromatic nitrogens is 2. The van der Waals surface area contributed by atoms with Crippen molar-refractivity contribution in [2.75, 3.05) is 0 Å². The van der Waals surface area contributed by atoms with Gasteiger partial charge in [-0.3, -0.25) is 4.79 Å². The summed E-state index contributed by atoms with van der Waals surface area (Å²) >= 11 is 0. The Balaban J connectivity index is 1.76. The van der Waals surface area contributed by atoms with E-state index in [1.54, 1.807) is 6.07 Å². The molecule has 4 nitrogen and oxygen atoms in total. The van der Waals surface area contributed by atoms with Gasteiger partial charge in [0, 0.05) is 24.6 Å². The number of ketones is 1. The van der Waals surface area contributed by atoms with E-state index in [2.05, 4.69) is 26.8 Å². The Morgan fingerprint density at radius 3 is 2.76 bits per heavy atom. The lowest BCUT2D eigenvalue weighted by molar-refractivity contribution is -0.120. The van der Waals surface area contributed by atoms with Crippen molar-refractivity contribution in [3.63, 3.8) is 0 Å². The second kappa shape index (κ2) is 7.00. The van der Waals surface area contributed by atoms with Crippen molar-refractivity contribution in [3.05, 3.63) is 35.2 Å². The molecule has 2 heterocycles. The van der Waals surface area contributed by atoms with Crippen LogP contribution in [0.1, 0.15) is 82.0 Å². The Morgan fingerprint density at radius 2 is 2.16 bits per heavy atom. The topological polar surface area (TPSA) is 58.2 Å². The number of carbonyl (C=O) groups is 1. The minimum atomic E-state index is 0.0605. The summed E-state index contributed by atoms with van der Waals surface area (Å²) < 4.78 is 1.90.